The van der Waals surface area contributed by atoms with Crippen LogP contribution in [0.1, 0.15) is 24.3 Å². The quantitative estimate of drug-likeness (QED) is 0.848. The maximum absolute atomic E-state index is 6.24. The van der Waals surface area contributed by atoms with E-state index >= 15 is 0 Å². The van der Waals surface area contributed by atoms with Crippen LogP contribution in [0.15, 0.2) is 28.9 Å². The van der Waals surface area contributed by atoms with Crippen LogP contribution in [-0.4, -0.2) is 58.5 Å². The van der Waals surface area contributed by atoms with Crippen LogP contribution in [0.25, 0.3) is 0 Å². The molecule has 2 aliphatic rings. The first-order chi connectivity index (χ1) is 11.7. The zero-order chi connectivity index (χ0) is 16.4. The summed E-state index contributed by atoms with van der Waals surface area (Å²) < 4.78 is 11.8. The molecule has 2 aliphatic heterocycles. The zero-order valence-electron chi connectivity index (χ0n) is 14.0. The molecule has 0 N–H and O–H groups in total. The van der Waals surface area contributed by atoms with Gasteiger partial charge in [0.25, 0.3) is 0 Å². The van der Waals surface area contributed by atoms with Gasteiger partial charge in [-0.15, -0.1) is 5.10 Å². The molecule has 0 saturated carbocycles. The number of ether oxygens (including phenoxy) is 1. The lowest BCUT2D eigenvalue weighted by Gasteiger charge is -2.47. The first kappa shape index (κ1) is 15.5. The molecule has 2 saturated heterocycles. The molecule has 0 bridgehead atoms. The fourth-order valence-electron chi connectivity index (χ4n) is 3.73. The number of rotatable bonds is 3. The van der Waals surface area contributed by atoms with Gasteiger partial charge in [0.1, 0.15) is 0 Å². The van der Waals surface area contributed by atoms with Gasteiger partial charge in [0.05, 0.1) is 18.8 Å². The molecule has 24 heavy (non-hydrogen) atoms. The Morgan fingerprint density at radius 3 is 3.00 bits per heavy atom. The van der Waals surface area contributed by atoms with Crippen molar-refractivity contribution in [2.45, 2.75) is 31.9 Å². The number of hydrogen-bond acceptors (Lipinski definition) is 7. The summed E-state index contributed by atoms with van der Waals surface area (Å²) in [5, 5.41) is 8.12. The number of aryl methyl sites for hydroxylation is 1. The summed E-state index contributed by atoms with van der Waals surface area (Å²) >= 11 is 0. The van der Waals surface area contributed by atoms with Gasteiger partial charge >= 0.3 is 6.01 Å². The predicted molar refractivity (Wildman–Crippen MR) is 88.7 cm³/mol. The molecule has 128 valence electrons. The molecule has 0 amide bonds. The van der Waals surface area contributed by atoms with Crippen molar-refractivity contribution in [2.24, 2.45) is 0 Å². The largest absolute Gasteiger partial charge is 0.408 e. The van der Waals surface area contributed by atoms with Crippen LogP contribution >= 0.6 is 0 Å². The summed E-state index contributed by atoms with van der Waals surface area (Å²) in [4.78, 5) is 8.84. The molecule has 0 aromatic carbocycles. The van der Waals surface area contributed by atoms with E-state index in [1.165, 1.54) is 5.56 Å². The first-order valence-corrected chi connectivity index (χ1v) is 8.53. The molecule has 7 nitrogen and oxygen atoms in total. The highest BCUT2D eigenvalue weighted by molar-refractivity contribution is 5.27. The van der Waals surface area contributed by atoms with E-state index in [4.69, 9.17) is 9.15 Å². The molecule has 4 rings (SSSR count). The Bertz CT molecular complexity index is 673. The lowest BCUT2D eigenvalue weighted by molar-refractivity contribution is -0.116. The highest BCUT2D eigenvalue weighted by Crippen LogP contribution is 2.31. The van der Waals surface area contributed by atoms with Crippen molar-refractivity contribution in [1.82, 2.24) is 20.1 Å². The van der Waals surface area contributed by atoms with E-state index in [0.29, 0.717) is 11.9 Å². The van der Waals surface area contributed by atoms with E-state index in [9.17, 15) is 0 Å². The maximum atomic E-state index is 6.24. The zero-order valence-corrected chi connectivity index (χ0v) is 14.0. The minimum atomic E-state index is -0.152. The average molecular weight is 329 g/mol. The van der Waals surface area contributed by atoms with E-state index < -0.39 is 0 Å². The summed E-state index contributed by atoms with van der Waals surface area (Å²) in [5.74, 6) is 0.604. The fraction of sp³-hybridized carbons (Fsp3) is 0.588. The number of nitrogens with zero attached hydrogens (tertiary/aromatic N) is 5. The SMILES string of the molecule is Cc1nnc(N2CCCC3(CN(Cc4cccnc4)CCO3)C2)o1. The van der Waals surface area contributed by atoms with E-state index in [-0.39, 0.29) is 5.60 Å². The van der Waals surface area contributed by atoms with Crippen LogP contribution in [0.2, 0.25) is 0 Å². The number of piperidine rings is 1. The maximum Gasteiger partial charge on any atom is 0.318 e. The first-order valence-electron chi connectivity index (χ1n) is 8.53. The second-order valence-electron chi connectivity index (χ2n) is 6.73. The third-order valence-electron chi connectivity index (χ3n) is 4.78. The second kappa shape index (κ2) is 6.49. The molecular weight excluding hydrogens is 306 g/mol. The minimum absolute atomic E-state index is 0.152. The van der Waals surface area contributed by atoms with Crippen LogP contribution in [0, 0.1) is 6.92 Å². The number of pyridine rings is 1. The summed E-state index contributed by atoms with van der Waals surface area (Å²) in [7, 11) is 0. The van der Waals surface area contributed by atoms with Gasteiger partial charge in [0, 0.05) is 45.5 Å². The van der Waals surface area contributed by atoms with Crippen molar-refractivity contribution in [3.05, 3.63) is 36.0 Å². The van der Waals surface area contributed by atoms with Crippen LogP contribution in [0.5, 0.6) is 0 Å². The van der Waals surface area contributed by atoms with Gasteiger partial charge in [-0.2, -0.15) is 0 Å². The Kier molecular flexibility index (Phi) is 4.20. The molecule has 7 heteroatoms. The van der Waals surface area contributed by atoms with Crippen LogP contribution < -0.4 is 4.90 Å². The van der Waals surface area contributed by atoms with Gasteiger partial charge in [-0.25, -0.2) is 0 Å². The molecule has 0 aliphatic carbocycles. The summed E-state index contributed by atoms with van der Waals surface area (Å²) in [6.07, 6.45) is 5.90. The highest BCUT2D eigenvalue weighted by atomic mass is 16.5. The Morgan fingerprint density at radius 1 is 1.25 bits per heavy atom. The van der Waals surface area contributed by atoms with Crippen molar-refractivity contribution in [3.8, 4) is 0 Å². The topological polar surface area (TPSA) is 67.5 Å². The fourth-order valence-corrected chi connectivity index (χ4v) is 3.73. The van der Waals surface area contributed by atoms with E-state index in [0.717, 1.165) is 52.2 Å². The molecular formula is C17H23N5O2. The highest BCUT2D eigenvalue weighted by Gasteiger charge is 2.41. The molecule has 4 heterocycles. The predicted octanol–water partition coefficient (Wildman–Crippen LogP) is 1.64. The molecule has 1 spiro atoms. The molecule has 1 unspecified atom stereocenters. The van der Waals surface area contributed by atoms with E-state index in [1.54, 1.807) is 0 Å². The van der Waals surface area contributed by atoms with Crippen LogP contribution in [0.3, 0.4) is 0 Å². The van der Waals surface area contributed by atoms with E-state index in [1.807, 2.05) is 25.4 Å². The van der Waals surface area contributed by atoms with Gasteiger partial charge in [-0.3, -0.25) is 9.88 Å². The summed E-state index contributed by atoms with van der Waals surface area (Å²) in [6.45, 7) is 7.12. The normalized spacial score (nSPS) is 25.3. The Labute approximate surface area is 141 Å². The Morgan fingerprint density at radius 2 is 2.21 bits per heavy atom. The molecule has 2 aromatic heterocycles. The van der Waals surface area contributed by atoms with Crippen molar-refractivity contribution in [1.29, 1.82) is 0 Å². The second-order valence-corrected chi connectivity index (χ2v) is 6.73. The van der Waals surface area contributed by atoms with Crippen molar-refractivity contribution >= 4 is 6.01 Å². The van der Waals surface area contributed by atoms with Crippen molar-refractivity contribution in [2.75, 3.05) is 37.7 Å². The van der Waals surface area contributed by atoms with Crippen LogP contribution in [0.4, 0.5) is 6.01 Å². The van der Waals surface area contributed by atoms with Crippen LogP contribution in [-0.2, 0) is 11.3 Å². The van der Waals surface area contributed by atoms with Crippen molar-refractivity contribution < 1.29 is 9.15 Å². The average Bonchev–Trinajstić information content (AvgIpc) is 3.03. The molecule has 2 fully saturated rings. The third kappa shape index (κ3) is 3.27. The van der Waals surface area contributed by atoms with Crippen molar-refractivity contribution in [3.63, 3.8) is 0 Å². The lowest BCUT2D eigenvalue weighted by Crippen LogP contribution is -2.59. The molecule has 0 radical (unpaired) electrons. The minimum Gasteiger partial charge on any atom is -0.408 e. The Hall–Kier alpha value is -1.99. The smallest absolute Gasteiger partial charge is 0.318 e. The lowest BCUT2D eigenvalue weighted by atomic mass is 9.90. The van der Waals surface area contributed by atoms with Gasteiger partial charge in [-0.1, -0.05) is 11.2 Å². The van der Waals surface area contributed by atoms with E-state index in [2.05, 4.69) is 31.0 Å². The number of morpholine rings is 1. The van der Waals surface area contributed by atoms with Gasteiger partial charge in [0.15, 0.2) is 0 Å². The van der Waals surface area contributed by atoms with Gasteiger partial charge in [-0.05, 0) is 24.5 Å². The molecule has 2 aromatic rings. The number of hydrogen-bond donors (Lipinski definition) is 0. The summed E-state index contributed by atoms with van der Waals surface area (Å²) in [6, 6.07) is 4.73. The standard InChI is InChI=1S/C17H23N5O2/c1-14-19-20-16(24-14)22-7-3-5-17(13-22)12-21(8-9-23-17)11-15-4-2-6-18-10-15/h2,4,6,10H,3,5,7-9,11-13H2,1H3. The Balaban J connectivity index is 1.45. The monoisotopic (exact) mass is 329 g/mol. The number of anilines is 1. The molecule has 1 atom stereocenters. The van der Waals surface area contributed by atoms with Gasteiger partial charge < -0.3 is 14.1 Å². The number of aromatic nitrogens is 3. The third-order valence-corrected chi connectivity index (χ3v) is 4.78. The summed E-state index contributed by atoms with van der Waals surface area (Å²) in [5.41, 5.74) is 1.09. The van der Waals surface area contributed by atoms with Gasteiger partial charge in [0.2, 0.25) is 5.89 Å².